The molecule has 0 fully saturated rings. The van der Waals surface area contributed by atoms with Crippen LogP contribution >= 0.6 is 0 Å². The Kier molecular flexibility index (Phi) is 5.96. The first kappa shape index (κ1) is 17.7. The van der Waals surface area contributed by atoms with Gasteiger partial charge in [-0.1, -0.05) is 26.0 Å². The Morgan fingerprint density at radius 1 is 1.22 bits per heavy atom. The van der Waals surface area contributed by atoms with E-state index in [1.807, 2.05) is 29.9 Å². The van der Waals surface area contributed by atoms with E-state index in [4.69, 9.17) is 0 Å². The summed E-state index contributed by atoms with van der Waals surface area (Å²) in [6.07, 6.45) is 5.40. The SMILES string of the molecule is Cc1cnn(CCCNS(=O)(=O)c2ccc(CC(C)C)cc2)c1. The van der Waals surface area contributed by atoms with Crippen molar-refractivity contribution in [3.8, 4) is 0 Å². The number of rotatable bonds is 8. The molecule has 1 aromatic heterocycles. The van der Waals surface area contributed by atoms with Crippen molar-refractivity contribution in [3.63, 3.8) is 0 Å². The summed E-state index contributed by atoms with van der Waals surface area (Å²) in [4.78, 5) is 0.319. The fourth-order valence-electron chi connectivity index (χ4n) is 2.40. The summed E-state index contributed by atoms with van der Waals surface area (Å²) in [7, 11) is -3.43. The quantitative estimate of drug-likeness (QED) is 0.755. The van der Waals surface area contributed by atoms with Gasteiger partial charge in [-0.3, -0.25) is 4.68 Å². The normalized spacial score (nSPS) is 12.0. The average molecular weight is 335 g/mol. The largest absolute Gasteiger partial charge is 0.272 e. The Balaban J connectivity index is 1.85. The van der Waals surface area contributed by atoms with E-state index in [2.05, 4.69) is 23.7 Å². The highest BCUT2D eigenvalue weighted by molar-refractivity contribution is 7.89. The summed E-state index contributed by atoms with van der Waals surface area (Å²) in [6, 6.07) is 7.13. The summed E-state index contributed by atoms with van der Waals surface area (Å²) in [5.74, 6) is 0.557. The zero-order valence-corrected chi connectivity index (χ0v) is 14.8. The number of benzene rings is 1. The van der Waals surface area contributed by atoms with Gasteiger partial charge in [0.05, 0.1) is 11.1 Å². The molecule has 0 saturated carbocycles. The number of nitrogens with zero attached hydrogens (tertiary/aromatic N) is 2. The van der Waals surface area contributed by atoms with E-state index >= 15 is 0 Å². The molecule has 1 N–H and O–H groups in total. The Morgan fingerprint density at radius 2 is 1.91 bits per heavy atom. The number of hydrogen-bond donors (Lipinski definition) is 1. The van der Waals surface area contributed by atoms with Crippen molar-refractivity contribution in [2.45, 2.75) is 45.1 Å². The highest BCUT2D eigenvalue weighted by Crippen LogP contribution is 2.13. The van der Waals surface area contributed by atoms with Crippen LogP contribution in [0.2, 0.25) is 0 Å². The molecule has 0 aliphatic heterocycles. The van der Waals surface area contributed by atoms with Gasteiger partial charge >= 0.3 is 0 Å². The van der Waals surface area contributed by atoms with Crippen LogP contribution in [0.1, 0.15) is 31.4 Å². The van der Waals surface area contributed by atoms with E-state index in [0.717, 1.165) is 17.5 Å². The van der Waals surface area contributed by atoms with E-state index in [9.17, 15) is 8.42 Å². The van der Waals surface area contributed by atoms with Crippen LogP contribution in [-0.4, -0.2) is 24.7 Å². The molecule has 5 nitrogen and oxygen atoms in total. The third kappa shape index (κ3) is 5.48. The highest BCUT2D eigenvalue weighted by atomic mass is 32.2. The Labute approximate surface area is 138 Å². The summed E-state index contributed by atoms with van der Waals surface area (Å²) < 4.78 is 29.0. The first-order valence-corrected chi connectivity index (χ1v) is 9.43. The first-order valence-electron chi connectivity index (χ1n) is 7.94. The van der Waals surface area contributed by atoms with Gasteiger partial charge in [-0.15, -0.1) is 0 Å². The van der Waals surface area contributed by atoms with Gasteiger partial charge in [0.25, 0.3) is 0 Å². The highest BCUT2D eigenvalue weighted by Gasteiger charge is 2.13. The predicted molar refractivity (Wildman–Crippen MR) is 91.8 cm³/mol. The van der Waals surface area contributed by atoms with Crippen molar-refractivity contribution >= 4 is 10.0 Å². The monoisotopic (exact) mass is 335 g/mol. The molecule has 23 heavy (non-hydrogen) atoms. The molecule has 126 valence electrons. The predicted octanol–water partition coefficient (Wildman–Crippen LogP) is 2.76. The second-order valence-electron chi connectivity index (χ2n) is 6.27. The van der Waals surface area contributed by atoms with Crippen LogP contribution in [-0.2, 0) is 23.0 Å². The van der Waals surface area contributed by atoms with E-state index in [1.165, 1.54) is 0 Å². The van der Waals surface area contributed by atoms with Crippen molar-refractivity contribution in [2.75, 3.05) is 6.54 Å². The van der Waals surface area contributed by atoms with Gasteiger partial charge in [0.15, 0.2) is 0 Å². The number of nitrogens with one attached hydrogen (secondary N) is 1. The van der Waals surface area contributed by atoms with Crippen molar-refractivity contribution in [2.24, 2.45) is 5.92 Å². The molecular weight excluding hydrogens is 310 g/mol. The number of hydrogen-bond acceptors (Lipinski definition) is 3. The Morgan fingerprint density at radius 3 is 2.48 bits per heavy atom. The van der Waals surface area contributed by atoms with Crippen LogP contribution in [0.5, 0.6) is 0 Å². The lowest BCUT2D eigenvalue weighted by Crippen LogP contribution is -2.25. The van der Waals surface area contributed by atoms with Gasteiger partial charge in [0, 0.05) is 19.3 Å². The molecule has 6 heteroatoms. The van der Waals surface area contributed by atoms with Gasteiger partial charge in [0.1, 0.15) is 0 Å². The lowest BCUT2D eigenvalue weighted by molar-refractivity contribution is 0.552. The maximum atomic E-state index is 12.2. The number of aryl methyl sites for hydroxylation is 2. The molecule has 0 aliphatic carbocycles. The fourth-order valence-corrected chi connectivity index (χ4v) is 3.47. The van der Waals surface area contributed by atoms with Gasteiger partial charge in [-0.25, -0.2) is 13.1 Å². The molecule has 0 unspecified atom stereocenters. The molecule has 0 spiro atoms. The van der Waals surface area contributed by atoms with Gasteiger partial charge in [0.2, 0.25) is 10.0 Å². The Bertz CT molecular complexity index is 719. The molecule has 0 amide bonds. The summed E-state index contributed by atoms with van der Waals surface area (Å²) in [5, 5.41) is 4.18. The third-order valence-corrected chi connectivity index (χ3v) is 4.97. The maximum Gasteiger partial charge on any atom is 0.240 e. The Hall–Kier alpha value is -1.66. The third-order valence-electron chi connectivity index (χ3n) is 3.50. The van der Waals surface area contributed by atoms with Crippen LogP contribution < -0.4 is 4.72 Å². The van der Waals surface area contributed by atoms with Crippen molar-refractivity contribution in [1.82, 2.24) is 14.5 Å². The van der Waals surface area contributed by atoms with Crippen LogP contribution in [0.3, 0.4) is 0 Å². The van der Waals surface area contributed by atoms with E-state index in [0.29, 0.717) is 30.3 Å². The van der Waals surface area contributed by atoms with Gasteiger partial charge in [-0.05, 0) is 48.9 Å². The molecule has 0 bridgehead atoms. The average Bonchev–Trinajstić information content (AvgIpc) is 2.89. The zero-order valence-electron chi connectivity index (χ0n) is 14.0. The fraction of sp³-hybridized carbons (Fsp3) is 0.471. The number of aromatic nitrogens is 2. The minimum absolute atomic E-state index is 0.319. The molecule has 2 aromatic rings. The summed E-state index contributed by atoms with van der Waals surface area (Å²) in [6.45, 7) is 7.37. The van der Waals surface area contributed by atoms with E-state index in [-0.39, 0.29) is 0 Å². The summed E-state index contributed by atoms with van der Waals surface area (Å²) in [5.41, 5.74) is 2.26. The van der Waals surface area contributed by atoms with Crippen molar-refractivity contribution in [1.29, 1.82) is 0 Å². The van der Waals surface area contributed by atoms with Gasteiger partial charge in [-0.2, -0.15) is 5.10 Å². The zero-order chi connectivity index (χ0) is 16.9. The molecule has 0 atom stereocenters. The standard InChI is InChI=1S/C17H25N3O2S/c1-14(2)11-16-5-7-17(8-6-16)23(21,22)19-9-4-10-20-13-15(3)12-18-20/h5-8,12-14,19H,4,9-11H2,1-3H3. The molecule has 0 saturated heterocycles. The van der Waals surface area contributed by atoms with Crippen LogP contribution in [0, 0.1) is 12.8 Å². The molecule has 1 heterocycles. The summed E-state index contributed by atoms with van der Waals surface area (Å²) >= 11 is 0. The first-order chi connectivity index (χ1) is 10.9. The minimum Gasteiger partial charge on any atom is -0.272 e. The molecule has 1 aromatic carbocycles. The van der Waals surface area contributed by atoms with E-state index in [1.54, 1.807) is 18.3 Å². The van der Waals surface area contributed by atoms with Crippen LogP contribution in [0.4, 0.5) is 0 Å². The van der Waals surface area contributed by atoms with E-state index < -0.39 is 10.0 Å². The second-order valence-corrected chi connectivity index (χ2v) is 8.04. The van der Waals surface area contributed by atoms with Crippen LogP contribution in [0.15, 0.2) is 41.6 Å². The van der Waals surface area contributed by atoms with Crippen LogP contribution in [0.25, 0.3) is 0 Å². The topological polar surface area (TPSA) is 64.0 Å². The second kappa shape index (κ2) is 7.75. The maximum absolute atomic E-state index is 12.2. The molecule has 2 rings (SSSR count). The minimum atomic E-state index is -3.43. The molecule has 0 radical (unpaired) electrons. The molecular formula is C17H25N3O2S. The smallest absolute Gasteiger partial charge is 0.240 e. The van der Waals surface area contributed by atoms with Gasteiger partial charge < -0.3 is 0 Å². The van der Waals surface area contributed by atoms with Crippen molar-refractivity contribution in [3.05, 3.63) is 47.8 Å². The lowest BCUT2D eigenvalue weighted by atomic mass is 10.0. The number of sulfonamides is 1. The lowest BCUT2D eigenvalue weighted by Gasteiger charge is -2.09. The van der Waals surface area contributed by atoms with Crippen molar-refractivity contribution < 1.29 is 8.42 Å². The molecule has 0 aliphatic rings.